The van der Waals surface area contributed by atoms with Crippen molar-refractivity contribution in [2.45, 2.75) is 0 Å². The molecular weight excluding hydrogens is 376 g/mol. The van der Waals surface area contributed by atoms with Gasteiger partial charge in [0, 0.05) is 11.3 Å². The van der Waals surface area contributed by atoms with E-state index in [4.69, 9.17) is 40.2 Å². The summed E-state index contributed by atoms with van der Waals surface area (Å²) < 4.78 is 17.8. The first kappa shape index (κ1) is 18.3. The molecule has 0 saturated carbocycles. The topological polar surface area (TPSA) is 62.4 Å². The van der Waals surface area contributed by atoms with Crippen LogP contribution in [0.1, 0.15) is 10.4 Å². The summed E-state index contributed by atoms with van der Waals surface area (Å²) in [5, 5.41) is 3.33. The van der Waals surface area contributed by atoms with Crippen LogP contribution in [0.15, 0.2) is 36.4 Å². The lowest BCUT2D eigenvalue weighted by molar-refractivity contribution is 0.0944. The first-order chi connectivity index (χ1) is 11.4. The minimum absolute atomic E-state index is 0.126. The van der Waals surface area contributed by atoms with Gasteiger partial charge in [0.05, 0.1) is 17.2 Å². The van der Waals surface area contributed by atoms with E-state index >= 15 is 0 Å². The van der Waals surface area contributed by atoms with Crippen molar-refractivity contribution in [2.75, 3.05) is 12.4 Å². The number of amides is 1. The predicted octanol–water partition coefficient (Wildman–Crippen LogP) is 3.77. The minimum atomic E-state index is -0.496. The second-order valence-electron chi connectivity index (χ2n) is 4.51. The van der Waals surface area contributed by atoms with Crippen LogP contribution in [0.4, 0.5) is 10.1 Å². The first-order valence-corrected chi connectivity index (χ1v) is 7.73. The second-order valence-corrected chi connectivity index (χ2v) is 5.74. The van der Waals surface area contributed by atoms with Gasteiger partial charge in [-0.2, -0.15) is 0 Å². The Labute approximate surface area is 153 Å². The Hall–Kier alpha value is -2.09. The SMILES string of the molecule is COc1c(Cl)cc(C(=O)NNC(=S)Nc2ccc(F)cc2)cc1Cl. The zero-order chi connectivity index (χ0) is 17.7. The normalized spacial score (nSPS) is 10.0. The van der Waals surface area contributed by atoms with E-state index in [9.17, 15) is 9.18 Å². The summed E-state index contributed by atoms with van der Waals surface area (Å²) in [6.45, 7) is 0. The van der Waals surface area contributed by atoms with Crippen molar-refractivity contribution >= 4 is 52.1 Å². The fourth-order valence-corrected chi connectivity index (χ4v) is 2.58. The predicted molar refractivity (Wildman–Crippen MR) is 96.2 cm³/mol. The van der Waals surface area contributed by atoms with Crippen molar-refractivity contribution in [1.82, 2.24) is 10.9 Å². The summed E-state index contributed by atoms with van der Waals surface area (Å²) in [5.41, 5.74) is 5.71. The molecule has 9 heteroatoms. The zero-order valence-corrected chi connectivity index (χ0v) is 14.7. The number of thiocarbonyl (C=S) groups is 1. The standard InChI is InChI=1S/C15H12Cl2FN3O2S/c1-23-13-11(16)6-8(7-12(13)17)14(22)20-21-15(24)19-10-4-2-9(18)3-5-10/h2-7H,1H3,(H,20,22)(H2,19,21,24). The molecule has 0 aliphatic rings. The maximum atomic E-state index is 12.8. The second kappa shape index (κ2) is 8.14. The highest BCUT2D eigenvalue weighted by molar-refractivity contribution is 7.80. The molecule has 126 valence electrons. The number of benzene rings is 2. The number of ether oxygens (including phenoxy) is 1. The van der Waals surface area contributed by atoms with Gasteiger partial charge in [0.25, 0.3) is 5.91 Å². The highest BCUT2D eigenvalue weighted by atomic mass is 35.5. The molecule has 5 nitrogen and oxygen atoms in total. The molecule has 0 spiro atoms. The monoisotopic (exact) mass is 387 g/mol. The van der Waals surface area contributed by atoms with Crippen molar-refractivity contribution in [3.63, 3.8) is 0 Å². The van der Waals surface area contributed by atoms with Gasteiger partial charge in [-0.05, 0) is 48.6 Å². The Balaban J connectivity index is 1.95. The summed E-state index contributed by atoms with van der Waals surface area (Å²) in [4.78, 5) is 12.1. The summed E-state index contributed by atoms with van der Waals surface area (Å²) in [7, 11) is 1.42. The lowest BCUT2D eigenvalue weighted by Crippen LogP contribution is -2.43. The smallest absolute Gasteiger partial charge is 0.269 e. The molecule has 0 fully saturated rings. The van der Waals surface area contributed by atoms with Crippen molar-refractivity contribution in [2.24, 2.45) is 0 Å². The Morgan fingerprint density at radius 1 is 1.12 bits per heavy atom. The highest BCUT2D eigenvalue weighted by Crippen LogP contribution is 2.33. The number of nitrogens with one attached hydrogen (secondary N) is 3. The summed E-state index contributed by atoms with van der Waals surface area (Å²) >= 11 is 17.0. The molecule has 0 aliphatic carbocycles. The average Bonchev–Trinajstić information content (AvgIpc) is 2.54. The Kier molecular flexibility index (Phi) is 6.19. The summed E-state index contributed by atoms with van der Waals surface area (Å²) in [5.74, 6) is -0.568. The van der Waals surface area contributed by atoms with E-state index in [2.05, 4.69) is 16.2 Å². The van der Waals surface area contributed by atoms with Crippen LogP contribution in [0.5, 0.6) is 5.75 Å². The van der Waals surface area contributed by atoms with Gasteiger partial charge in [-0.3, -0.25) is 15.6 Å². The molecule has 0 aliphatic heterocycles. The molecule has 2 aromatic rings. The zero-order valence-electron chi connectivity index (χ0n) is 12.3. The average molecular weight is 388 g/mol. The van der Waals surface area contributed by atoms with Gasteiger partial charge in [0.15, 0.2) is 10.9 Å². The third kappa shape index (κ3) is 4.70. The molecule has 0 heterocycles. The lowest BCUT2D eigenvalue weighted by atomic mass is 10.2. The third-order valence-corrected chi connectivity index (χ3v) is 3.62. The molecule has 0 radical (unpaired) electrons. The van der Waals surface area contributed by atoms with Crippen LogP contribution < -0.4 is 20.9 Å². The number of hydrazine groups is 1. The number of carbonyl (C=O) groups is 1. The van der Waals surface area contributed by atoms with Crippen LogP contribution in [0.25, 0.3) is 0 Å². The van der Waals surface area contributed by atoms with Crippen LogP contribution in [0.3, 0.4) is 0 Å². The maximum Gasteiger partial charge on any atom is 0.269 e. The number of hydrogen-bond acceptors (Lipinski definition) is 3. The molecule has 3 N–H and O–H groups in total. The highest BCUT2D eigenvalue weighted by Gasteiger charge is 2.13. The molecule has 24 heavy (non-hydrogen) atoms. The molecule has 1 amide bonds. The van der Waals surface area contributed by atoms with Gasteiger partial charge in [0.2, 0.25) is 0 Å². The van der Waals surface area contributed by atoms with E-state index in [0.717, 1.165) is 0 Å². The number of anilines is 1. The largest absolute Gasteiger partial charge is 0.494 e. The molecule has 2 aromatic carbocycles. The van der Waals surface area contributed by atoms with E-state index in [0.29, 0.717) is 5.69 Å². The van der Waals surface area contributed by atoms with E-state index in [1.165, 1.54) is 43.5 Å². The Morgan fingerprint density at radius 2 is 1.71 bits per heavy atom. The molecule has 0 aromatic heterocycles. The van der Waals surface area contributed by atoms with E-state index < -0.39 is 5.91 Å². The van der Waals surface area contributed by atoms with Crippen molar-refractivity contribution in [1.29, 1.82) is 0 Å². The van der Waals surface area contributed by atoms with Gasteiger partial charge >= 0.3 is 0 Å². The summed E-state index contributed by atoms with van der Waals surface area (Å²) in [6.07, 6.45) is 0. The van der Waals surface area contributed by atoms with Gasteiger partial charge in [-0.15, -0.1) is 0 Å². The third-order valence-electron chi connectivity index (χ3n) is 2.86. The Bertz CT molecular complexity index is 749. The molecule has 0 unspecified atom stereocenters. The fraction of sp³-hybridized carbons (Fsp3) is 0.0667. The molecule has 2 rings (SSSR count). The van der Waals surface area contributed by atoms with Crippen LogP contribution in [0.2, 0.25) is 10.0 Å². The van der Waals surface area contributed by atoms with Crippen molar-refractivity contribution in [3.8, 4) is 5.75 Å². The number of rotatable bonds is 3. The Morgan fingerprint density at radius 3 is 2.25 bits per heavy atom. The lowest BCUT2D eigenvalue weighted by Gasteiger charge is -2.12. The number of hydrogen-bond donors (Lipinski definition) is 3. The van der Waals surface area contributed by atoms with Gasteiger partial charge < -0.3 is 10.1 Å². The van der Waals surface area contributed by atoms with Gasteiger partial charge in [0.1, 0.15) is 5.82 Å². The molecule has 0 saturated heterocycles. The van der Waals surface area contributed by atoms with E-state index in [-0.39, 0.29) is 32.3 Å². The fourth-order valence-electron chi connectivity index (χ4n) is 1.77. The van der Waals surface area contributed by atoms with Gasteiger partial charge in [-0.1, -0.05) is 23.2 Å². The van der Waals surface area contributed by atoms with E-state index in [1.807, 2.05) is 0 Å². The molecule has 0 bridgehead atoms. The van der Waals surface area contributed by atoms with Crippen LogP contribution >= 0.6 is 35.4 Å². The van der Waals surface area contributed by atoms with Crippen molar-refractivity contribution in [3.05, 3.63) is 57.8 Å². The quantitative estimate of drug-likeness (QED) is 0.552. The van der Waals surface area contributed by atoms with Crippen LogP contribution in [-0.4, -0.2) is 18.1 Å². The minimum Gasteiger partial charge on any atom is -0.494 e. The number of halogens is 3. The first-order valence-electron chi connectivity index (χ1n) is 6.56. The summed E-state index contributed by atoms with van der Waals surface area (Å²) in [6, 6.07) is 8.41. The van der Waals surface area contributed by atoms with E-state index in [1.54, 1.807) is 0 Å². The maximum absolute atomic E-state index is 12.8. The molecular formula is C15H12Cl2FN3O2S. The van der Waals surface area contributed by atoms with Crippen LogP contribution in [0, 0.1) is 5.82 Å². The van der Waals surface area contributed by atoms with Gasteiger partial charge in [-0.25, -0.2) is 4.39 Å². The number of methoxy groups -OCH3 is 1. The van der Waals surface area contributed by atoms with Crippen molar-refractivity contribution < 1.29 is 13.9 Å². The number of carbonyl (C=O) groups excluding carboxylic acids is 1. The molecule has 0 atom stereocenters. The van der Waals surface area contributed by atoms with Crippen LogP contribution in [-0.2, 0) is 0 Å².